The minimum absolute atomic E-state index is 0.0155. The van der Waals surface area contributed by atoms with Crippen molar-refractivity contribution in [1.82, 2.24) is 5.32 Å². The molecule has 0 radical (unpaired) electrons. The van der Waals surface area contributed by atoms with Gasteiger partial charge < -0.3 is 15.4 Å². The van der Waals surface area contributed by atoms with Crippen LogP contribution in [0.15, 0.2) is 24.3 Å². The van der Waals surface area contributed by atoms with Crippen molar-refractivity contribution in [3.05, 3.63) is 24.3 Å². The second-order valence-corrected chi connectivity index (χ2v) is 4.56. The smallest absolute Gasteiger partial charge is 0.239 e. The van der Waals surface area contributed by atoms with E-state index in [0.717, 1.165) is 30.8 Å². The Morgan fingerprint density at radius 2 is 1.95 bits per heavy atom. The lowest BCUT2D eigenvalue weighted by atomic mass is 10.3. The molecule has 106 valence electrons. The van der Waals surface area contributed by atoms with Gasteiger partial charge in [-0.3, -0.25) is 4.79 Å². The van der Waals surface area contributed by atoms with E-state index >= 15 is 0 Å². The molecule has 4 heteroatoms. The number of ether oxygens (including phenoxy) is 1. The van der Waals surface area contributed by atoms with Gasteiger partial charge in [-0.1, -0.05) is 13.8 Å². The van der Waals surface area contributed by atoms with Crippen molar-refractivity contribution in [1.29, 1.82) is 0 Å². The maximum Gasteiger partial charge on any atom is 0.239 e. The third-order valence-electron chi connectivity index (χ3n) is 2.79. The Balaban J connectivity index is 2.37. The van der Waals surface area contributed by atoms with E-state index in [1.807, 2.05) is 38.1 Å². The number of anilines is 1. The standard InChI is InChI=1S/C15H24N2O2/c1-4-10-16-15(18)11-17-13-6-8-14(9-7-13)19-12(3)5-2/h6-9,12,17H,4-5,10-11H2,1-3H3,(H,16,18). The van der Waals surface area contributed by atoms with Gasteiger partial charge in [-0.25, -0.2) is 0 Å². The van der Waals surface area contributed by atoms with Crippen LogP contribution in [-0.4, -0.2) is 25.1 Å². The molecule has 0 aliphatic rings. The molecule has 0 aliphatic carbocycles. The molecular formula is C15H24N2O2. The van der Waals surface area contributed by atoms with Gasteiger partial charge in [-0.05, 0) is 44.0 Å². The largest absolute Gasteiger partial charge is 0.491 e. The van der Waals surface area contributed by atoms with E-state index in [1.54, 1.807) is 0 Å². The van der Waals surface area contributed by atoms with Crippen molar-refractivity contribution >= 4 is 11.6 Å². The van der Waals surface area contributed by atoms with Gasteiger partial charge >= 0.3 is 0 Å². The zero-order chi connectivity index (χ0) is 14.1. The molecule has 1 aromatic rings. The second kappa shape index (κ2) is 8.40. The summed E-state index contributed by atoms with van der Waals surface area (Å²) >= 11 is 0. The van der Waals surface area contributed by atoms with Crippen LogP contribution in [0.2, 0.25) is 0 Å². The topological polar surface area (TPSA) is 50.4 Å². The summed E-state index contributed by atoms with van der Waals surface area (Å²) in [7, 11) is 0. The van der Waals surface area contributed by atoms with Gasteiger partial charge in [0.25, 0.3) is 0 Å². The predicted molar refractivity (Wildman–Crippen MR) is 78.6 cm³/mol. The van der Waals surface area contributed by atoms with E-state index in [0.29, 0.717) is 6.54 Å². The highest BCUT2D eigenvalue weighted by Crippen LogP contribution is 2.17. The number of hydrogen-bond donors (Lipinski definition) is 2. The summed E-state index contributed by atoms with van der Waals surface area (Å²) in [6.45, 7) is 7.19. The SMILES string of the molecule is CCCNC(=O)CNc1ccc(OC(C)CC)cc1. The predicted octanol–water partition coefficient (Wildman–Crippen LogP) is 2.80. The summed E-state index contributed by atoms with van der Waals surface area (Å²) in [5.41, 5.74) is 0.920. The Labute approximate surface area is 115 Å². The number of nitrogens with one attached hydrogen (secondary N) is 2. The average Bonchev–Trinajstić information content (AvgIpc) is 2.44. The summed E-state index contributed by atoms with van der Waals surface area (Å²) in [6.07, 6.45) is 2.16. The van der Waals surface area contributed by atoms with Gasteiger partial charge in [0.1, 0.15) is 5.75 Å². The van der Waals surface area contributed by atoms with Crippen LogP contribution in [0.3, 0.4) is 0 Å². The van der Waals surface area contributed by atoms with Crippen LogP contribution >= 0.6 is 0 Å². The average molecular weight is 264 g/mol. The van der Waals surface area contributed by atoms with Crippen LogP contribution < -0.4 is 15.4 Å². The van der Waals surface area contributed by atoms with E-state index in [1.165, 1.54) is 0 Å². The summed E-state index contributed by atoms with van der Waals surface area (Å²) in [4.78, 5) is 11.4. The fourth-order valence-corrected chi connectivity index (χ4v) is 1.48. The Hall–Kier alpha value is -1.71. The molecule has 0 aromatic heterocycles. The number of carbonyl (C=O) groups excluding carboxylic acids is 1. The lowest BCUT2D eigenvalue weighted by Gasteiger charge is -2.13. The molecule has 4 nitrogen and oxygen atoms in total. The first kappa shape index (κ1) is 15.3. The van der Waals surface area contributed by atoms with Gasteiger partial charge in [0, 0.05) is 12.2 Å². The molecule has 1 atom stereocenters. The van der Waals surface area contributed by atoms with Gasteiger partial charge in [0.15, 0.2) is 0 Å². The minimum atomic E-state index is 0.0155. The van der Waals surface area contributed by atoms with Crippen LogP contribution in [0.25, 0.3) is 0 Å². The van der Waals surface area contributed by atoms with Crippen molar-refractivity contribution in [3.8, 4) is 5.75 Å². The van der Waals surface area contributed by atoms with Gasteiger partial charge in [0.05, 0.1) is 12.6 Å². The van der Waals surface area contributed by atoms with Gasteiger partial charge in [0.2, 0.25) is 5.91 Å². The highest BCUT2D eigenvalue weighted by Gasteiger charge is 2.02. The number of amides is 1. The lowest BCUT2D eigenvalue weighted by molar-refractivity contribution is -0.119. The van der Waals surface area contributed by atoms with Crippen LogP contribution in [-0.2, 0) is 4.79 Å². The Morgan fingerprint density at radius 1 is 1.26 bits per heavy atom. The fourth-order valence-electron chi connectivity index (χ4n) is 1.48. The van der Waals surface area contributed by atoms with Crippen molar-refractivity contribution in [3.63, 3.8) is 0 Å². The maximum absolute atomic E-state index is 11.4. The van der Waals surface area contributed by atoms with Crippen molar-refractivity contribution in [2.45, 2.75) is 39.7 Å². The molecule has 0 aliphatic heterocycles. The highest BCUT2D eigenvalue weighted by atomic mass is 16.5. The monoisotopic (exact) mass is 264 g/mol. The number of benzene rings is 1. The van der Waals surface area contributed by atoms with E-state index < -0.39 is 0 Å². The molecular weight excluding hydrogens is 240 g/mol. The molecule has 1 rings (SSSR count). The van der Waals surface area contributed by atoms with Gasteiger partial charge in [-0.15, -0.1) is 0 Å². The third kappa shape index (κ3) is 6.13. The first-order valence-corrected chi connectivity index (χ1v) is 6.93. The van der Waals surface area contributed by atoms with Crippen molar-refractivity contribution in [2.24, 2.45) is 0 Å². The summed E-state index contributed by atoms with van der Waals surface area (Å²) in [6, 6.07) is 7.67. The van der Waals surface area contributed by atoms with Crippen LogP contribution in [0, 0.1) is 0 Å². The Morgan fingerprint density at radius 3 is 2.53 bits per heavy atom. The Kier molecular flexibility index (Phi) is 6.79. The summed E-state index contributed by atoms with van der Waals surface area (Å²) in [5.74, 6) is 0.872. The fraction of sp³-hybridized carbons (Fsp3) is 0.533. The first-order valence-electron chi connectivity index (χ1n) is 6.93. The molecule has 19 heavy (non-hydrogen) atoms. The van der Waals surface area contributed by atoms with E-state index in [2.05, 4.69) is 17.6 Å². The quantitative estimate of drug-likeness (QED) is 0.759. The normalized spacial score (nSPS) is 11.7. The molecule has 0 saturated heterocycles. The zero-order valence-corrected chi connectivity index (χ0v) is 12.0. The molecule has 1 amide bonds. The van der Waals surface area contributed by atoms with Gasteiger partial charge in [-0.2, -0.15) is 0 Å². The molecule has 0 spiro atoms. The lowest BCUT2D eigenvalue weighted by Crippen LogP contribution is -2.30. The van der Waals surface area contributed by atoms with Crippen LogP contribution in [0.1, 0.15) is 33.6 Å². The van der Waals surface area contributed by atoms with Crippen LogP contribution in [0.5, 0.6) is 5.75 Å². The highest BCUT2D eigenvalue weighted by molar-refractivity contribution is 5.80. The first-order chi connectivity index (χ1) is 9.15. The minimum Gasteiger partial charge on any atom is -0.491 e. The molecule has 0 saturated carbocycles. The third-order valence-corrected chi connectivity index (χ3v) is 2.79. The number of rotatable bonds is 8. The van der Waals surface area contributed by atoms with Crippen molar-refractivity contribution < 1.29 is 9.53 Å². The summed E-state index contributed by atoms with van der Waals surface area (Å²) < 4.78 is 5.69. The molecule has 0 bridgehead atoms. The maximum atomic E-state index is 11.4. The molecule has 1 aromatic carbocycles. The van der Waals surface area contributed by atoms with Crippen molar-refractivity contribution in [2.75, 3.05) is 18.4 Å². The number of carbonyl (C=O) groups is 1. The Bertz CT molecular complexity index is 376. The number of hydrogen-bond acceptors (Lipinski definition) is 3. The van der Waals surface area contributed by atoms with Crippen LogP contribution in [0.4, 0.5) is 5.69 Å². The second-order valence-electron chi connectivity index (χ2n) is 4.56. The summed E-state index contributed by atoms with van der Waals surface area (Å²) in [5, 5.41) is 5.90. The zero-order valence-electron chi connectivity index (χ0n) is 12.0. The molecule has 0 heterocycles. The van der Waals surface area contributed by atoms with E-state index in [9.17, 15) is 4.79 Å². The van der Waals surface area contributed by atoms with E-state index in [-0.39, 0.29) is 12.0 Å². The molecule has 0 fully saturated rings. The van der Waals surface area contributed by atoms with E-state index in [4.69, 9.17) is 4.74 Å². The molecule has 1 unspecified atom stereocenters. The molecule has 2 N–H and O–H groups in total.